The monoisotopic (exact) mass is 567 g/mol. The van der Waals surface area contributed by atoms with Crippen molar-refractivity contribution in [3.05, 3.63) is 52.8 Å². The largest absolute Gasteiger partial charge is 0.444 e. The van der Waals surface area contributed by atoms with E-state index < -0.39 is 29.4 Å². The van der Waals surface area contributed by atoms with Gasteiger partial charge in [-0.1, -0.05) is 12.0 Å². The second-order valence-corrected chi connectivity index (χ2v) is 11.7. The lowest BCUT2D eigenvalue weighted by atomic mass is 10.1. The van der Waals surface area contributed by atoms with Crippen LogP contribution in [0.4, 0.5) is 9.59 Å². The molecule has 41 heavy (non-hydrogen) atoms. The van der Waals surface area contributed by atoms with Crippen molar-refractivity contribution in [2.75, 3.05) is 34.5 Å². The number of aromatic nitrogens is 1. The Hall–Kier alpha value is -4.24. The maximum atomic E-state index is 12.7. The number of allylic oxidation sites excluding steroid dienone is 1. The number of ether oxygens (including phenoxy) is 3. The molecule has 3 N–H and O–H groups in total. The zero-order valence-electron chi connectivity index (χ0n) is 25.4. The minimum atomic E-state index is -0.660. The third-order valence-electron chi connectivity index (χ3n) is 5.76. The summed E-state index contributed by atoms with van der Waals surface area (Å²) in [4.78, 5) is 36.4. The molecule has 0 saturated carbocycles. The molecule has 1 aromatic rings. The number of nitrogens with two attached hydrogens (primary N) is 1. The van der Waals surface area contributed by atoms with E-state index in [0.717, 1.165) is 0 Å². The number of methoxy groups -OCH3 is 1. The van der Waals surface area contributed by atoms with Crippen molar-refractivity contribution in [3.8, 4) is 11.8 Å². The van der Waals surface area contributed by atoms with Crippen LogP contribution in [0.3, 0.4) is 0 Å². The van der Waals surface area contributed by atoms with E-state index in [1.807, 2.05) is 24.1 Å². The molecule has 0 aromatic carbocycles. The van der Waals surface area contributed by atoms with E-state index in [2.05, 4.69) is 27.1 Å². The average molecular weight is 568 g/mol. The molecular formula is C29H41N7O5. The predicted molar refractivity (Wildman–Crippen MR) is 155 cm³/mol. The number of nitrogens with one attached hydrogen (secondary N) is 1. The lowest BCUT2D eigenvalue weighted by molar-refractivity contribution is 0.00189. The smallest absolute Gasteiger partial charge is 0.429 e. The van der Waals surface area contributed by atoms with Gasteiger partial charge in [-0.15, -0.1) is 0 Å². The molecule has 1 atom stereocenters. The molecule has 0 aliphatic carbocycles. The summed E-state index contributed by atoms with van der Waals surface area (Å²) in [5.74, 6) is 6.78. The fourth-order valence-electron chi connectivity index (χ4n) is 3.96. The Balaban J connectivity index is 1.89. The number of nitrogens with zero attached hydrogens (tertiary/aromatic N) is 5. The zero-order chi connectivity index (χ0) is 30.5. The van der Waals surface area contributed by atoms with E-state index in [9.17, 15) is 9.59 Å². The number of pyridine rings is 1. The lowest BCUT2D eigenvalue weighted by Gasteiger charge is -2.35. The molecule has 0 fully saturated rings. The number of hydrogen-bond donors (Lipinski definition) is 2. The number of hydrogen-bond acceptors (Lipinski definition) is 10. The van der Waals surface area contributed by atoms with E-state index in [1.54, 1.807) is 73.0 Å². The maximum Gasteiger partial charge on any atom is 0.429 e. The first-order valence-electron chi connectivity index (χ1n) is 13.3. The zero-order valence-corrected chi connectivity index (χ0v) is 25.4. The summed E-state index contributed by atoms with van der Waals surface area (Å²) in [7, 11) is 5.06. The van der Waals surface area contributed by atoms with Crippen molar-refractivity contribution in [1.29, 1.82) is 0 Å². The minimum Gasteiger partial charge on any atom is -0.444 e. The topological polar surface area (TPSA) is 135 Å². The first-order chi connectivity index (χ1) is 19.1. The van der Waals surface area contributed by atoms with Gasteiger partial charge in [0.25, 0.3) is 0 Å². The molecule has 1 aromatic heterocycles. The number of likely N-dealkylation sites (N-methyl/N-ethyl adjacent to an activating group) is 1. The van der Waals surface area contributed by atoms with Crippen LogP contribution in [0.15, 0.2) is 46.4 Å². The molecule has 222 valence electrons. The highest BCUT2D eigenvalue weighted by Crippen LogP contribution is 2.28. The van der Waals surface area contributed by atoms with Gasteiger partial charge in [-0.3, -0.25) is 0 Å². The van der Waals surface area contributed by atoms with Crippen molar-refractivity contribution < 1.29 is 23.8 Å². The Morgan fingerprint density at radius 3 is 2.46 bits per heavy atom. The molecule has 2 amide bonds. The summed E-state index contributed by atoms with van der Waals surface area (Å²) in [5, 5.41) is 5.77. The molecule has 12 nitrogen and oxygen atoms in total. The molecule has 0 bridgehead atoms. The van der Waals surface area contributed by atoms with E-state index >= 15 is 0 Å². The number of fused-ring (bicyclic) bond motifs is 1. The first-order valence-corrected chi connectivity index (χ1v) is 13.3. The summed E-state index contributed by atoms with van der Waals surface area (Å²) in [5.41, 5.74) is 7.88. The normalized spacial score (nSPS) is 15.7. The third-order valence-corrected chi connectivity index (χ3v) is 5.76. The first kappa shape index (κ1) is 31.3. The molecule has 0 spiro atoms. The van der Waals surface area contributed by atoms with Gasteiger partial charge in [-0.25, -0.2) is 29.6 Å². The van der Waals surface area contributed by atoms with Crippen LogP contribution >= 0.6 is 0 Å². The Morgan fingerprint density at radius 2 is 1.83 bits per heavy atom. The maximum absolute atomic E-state index is 12.7. The standard InChI is InChI=1S/C29H41N7O5/c1-28(2,3)40-26(37)33-23(15-16-39-9)22-12-10-11-19(32-22)13-14-20-21(30)17-36(25-24(20)34(7)18-31-25)35(8)27(38)41-29(4,5)6/h10-12,17,23H,15-16,18,30H2,1-9H3,(H,33,37)/t23-/m0/s1. The summed E-state index contributed by atoms with van der Waals surface area (Å²) in [6, 6.07) is 4.98. The van der Waals surface area contributed by atoms with Gasteiger partial charge in [0, 0.05) is 27.8 Å². The van der Waals surface area contributed by atoms with Crippen LogP contribution in [0.2, 0.25) is 0 Å². The second kappa shape index (κ2) is 12.5. The van der Waals surface area contributed by atoms with Crippen LogP contribution in [0.25, 0.3) is 0 Å². The van der Waals surface area contributed by atoms with Gasteiger partial charge in [0.1, 0.15) is 29.3 Å². The number of hydrazine groups is 1. The highest BCUT2D eigenvalue weighted by molar-refractivity contribution is 6.03. The molecule has 3 heterocycles. The van der Waals surface area contributed by atoms with E-state index in [0.29, 0.717) is 53.9 Å². The van der Waals surface area contributed by atoms with E-state index in [-0.39, 0.29) is 0 Å². The molecule has 0 saturated heterocycles. The van der Waals surface area contributed by atoms with Crippen molar-refractivity contribution in [3.63, 3.8) is 0 Å². The van der Waals surface area contributed by atoms with Gasteiger partial charge in [0.2, 0.25) is 0 Å². The Labute approximate surface area is 242 Å². The van der Waals surface area contributed by atoms with Gasteiger partial charge < -0.3 is 30.2 Å². The molecule has 2 aliphatic heterocycles. The minimum absolute atomic E-state index is 0.358. The Kier molecular flexibility index (Phi) is 9.55. The Bertz CT molecular complexity index is 1310. The number of amidine groups is 1. The average Bonchev–Trinajstić information content (AvgIpc) is 3.24. The molecule has 3 rings (SSSR count). The van der Waals surface area contributed by atoms with Crippen LogP contribution in [-0.4, -0.2) is 83.6 Å². The third kappa shape index (κ3) is 8.38. The predicted octanol–water partition coefficient (Wildman–Crippen LogP) is 3.49. The van der Waals surface area contributed by atoms with Crippen LogP contribution in [0.1, 0.15) is 65.4 Å². The number of alkyl carbamates (subject to hydrolysis) is 1. The van der Waals surface area contributed by atoms with Gasteiger partial charge >= 0.3 is 12.2 Å². The van der Waals surface area contributed by atoms with Crippen molar-refractivity contribution in [2.45, 2.75) is 65.2 Å². The highest BCUT2D eigenvalue weighted by Gasteiger charge is 2.35. The highest BCUT2D eigenvalue weighted by atomic mass is 16.6. The number of amides is 2. The number of rotatable bonds is 6. The Morgan fingerprint density at radius 1 is 1.15 bits per heavy atom. The SMILES string of the molecule is COCC[C@H](NC(=O)OC(C)(C)C)c1cccc(C#CC2=C3C(=NCN3C)N(N(C)C(=O)OC(C)(C)C)C=C2N)n1. The number of carbonyl (C=O) groups is 2. The van der Waals surface area contributed by atoms with Gasteiger partial charge in [0.05, 0.1) is 29.2 Å². The summed E-state index contributed by atoms with van der Waals surface area (Å²) in [6.07, 6.45) is 1.01. The number of carbonyl (C=O) groups excluding carboxylic acids is 2. The van der Waals surface area contributed by atoms with Crippen molar-refractivity contribution >= 4 is 18.0 Å². The van der Waals surface area contributed by atoms with Crippen molar-refractivity contribution in [2.24, 2.45) is 10.7 Å². The fraction of sp³-hybridized carbons (Fsp3) is 0.517. The molecule has 2 aliphatic rings. The van der Waals surface area contributed by atoms with Crippen molar-refractivity contribution in [1.82, 2.24) is 25.2 Å². The summed E-state index contributed by atoms with van der Waals surface area (Å²) >= 11 is 0. The number of aliphatic imine (C=N–C) groups is 1. The quantitative estimate of drug-likeness (QED) is 0.495. The lowest BCUT2D eigenvalue weighted by Crippen LogP contribution is -2.49. The second-order valence-electron chi connectivity index (χ2n) is 11.7. The van der Waals surface area contributed by atoms with Crippen LogP contribution in [0, 0.1) is 11.8 Å². The van der Waals surface area contributed by atoms with Crippen LogP contribution < -0.4 is 11.1 Å². The van der Waals surface area contributed by atoms with Crippen LogP contribution in [0.5, 0.6) is 0 Å². The van der Waals surface area contributed by atoms with Gasteiger partial charge in [0.15, 0.2) is 5.84 Å². The van der Waals surface area contributed by atoms with E-state index in [4.69, 9.17) is 19.9 Å². The van der Waals surface area contributed by atoms with Gasteiger partial charge in [-0.05, 0) is 66.0 Å². The van der Waals surface area contributed by atoms with Crippen LogP contribution in [-0.2, 0) is 14.2 Å². The molecule has 0 unspecified atom stereocenters. The molecule has 12 heteroatoms. The van der Waals surface area contributed by atoms with Gasteiger partial charge in [-0.2, -0.15) is 0 Å². The van der Waals surface area contributed by atoms with E-state index in [1.165, 1.54) is 5.01 Å². The molecule has 0 radical (unpaired) electrons. The fourth-order valence-corrected chi connectivity index (χ4v) is 3.96. The molecular weight excluding hydrogens is 526 g/mol. The summed E-state index contributed by atoms with van der Waals surface area (Å²) < 4.78 is 16.2. The summed E-state index contributed by atoms with van der Waals surface area (Å²) in [6.45, 7) is 11.6.